The predicted molar refractivity (Wildman–Crippen MR) is 258 cm³/mol. The number of rotatable bonds is 15. The molecule has 71 heavy (non-hydrogen) atoms. The Labute approximate surface area is 417 Å². The molecule has 0 aliphatic carbocycles. The zero-order chi connectivity index (χ0) is 52.6. The van der Waals surface area contributed by atoms with Gasteiger partial charge in [0.15, 0.2) is 0 Å². The Morgan fingerprint density at radius 1 is 1.10 bits per heavy atom. The number of esters is 1. The van der Waals surface area contributed by atoms with Crippen LogP contribution in [0.3, 0.4) is 0 Å². The first-order valence-electron chi connectivity index (χ1n) is 23.0. The average molecular weight is 1010 g/mol. The normalized spacial score (nSPS) is 22.9. The summed E-state index contributed by atoms with van der Waals surface area (Å²) in [5, 5.41) is 27.4. The molecule has 21 nitrogen and oxygen atoms in total. The van der Waals surface area contributed by atoms with Crippen molar-refractivity contribution in [3.63, 3.8) is 0 Å². The highest BCUT2D eigenvalue weighted by Gasteiger charge is 2.54. The zero-order valence-corrected chi connectivity index (χ0v) is 41.8. The van der Waals surface area contributed by atoms with Crippen LogP contribution in [-0.4, -0.2) is 126 Å². The molecule has 0 aromatic heterocycles. The van der Waals surface area contributed by atoms with Crippen molar-refractivity contribution >= 4 is 65.0 Å². The van der Waals surface area contributed by atoms with Crippen LogP contribution < -0.4 is 36.1 Å². The van der Waals surface area contributed by atoms with Crippen molar-refractivity contribution in [3.8, 4) is 11.5 Å². The number of aliphatic hydroxyl groups is 1. The minimum absolute atomic E-state index is 0.0564. The quantitative estimate of drug-likeness (QED) is 0.0809. The number of alkyl carbamates (subject to hydrolysis) is 1. The molecule has 0 spiro atoms. The van der Waals surface area contributed by atoms with E-state index < -0.39 is 71.4 Å². The first kappa shape index (κ1) is 56.9. The fourth-order valence-electron chi connectivity index (χ4n) is 7.68. The van der Waals surface area contributed by atoms with Gasteiger partial charge in [-0.25, -0.2) is 14.4 Å². The number of carboxylic acids is 1. The van der Waals surface area contributed by atoms with Crippen LogP contribution in [-0.2, 0) is 56.0 Å². The minimum Gasteiger partial charge on any atom is -0.495 e. The predicted octanol–water partition coefficient (Wildman–Crippen LogP) is 4.58. The van der Waals surface area contributed by atoms with Crippen LogP contribution in [0.4, 0.5) is 15.3 Å². The van der Waals surface area contributed by atoms with E-state index in [0.717, 1.165) is 11.1 Å². The Morgan fingerprint density at radius 3 is 2.45 bits per heavy atom. The highest BCUT2D eigenvalue weighted by Crippen LogP contribution is 2.45. The fourth-order valence-corrected chi connectivity index (χ4v) is 7.99. The summed E-state index contributed by atoms with van der Waals surface area (Å²) in [6.07, 6.45) is 6.12. The number of allylic oxidation sites excluding steroid dienone is 3. The molecule has 0 saturated carbocycles. The molecule has 5 rings (SSSR count). The summed E-state index contributed by atoms with van der Waals surface area (Å²) in [4.78, 5) is 97.7. The van der Waals surface area contributed by atoms with Crippen molar-refractivity contribution in [2.45, 2.75) is 134 Å². The maximum atomic E-state index is 13.1. The van der Waals surface area contributed by atoms with Crippen molar-refractivity contribution in [1.29, 1.82) is 0 Å². The number of hydrogen-bond acceptors (Lipinski definition) is 14. The third kappa shape index (κ3) is 18.2. The molecule has 388 valence electrons. The Balaban J connectivity index is 0.000000308. The Kier molecular flexibility index (Phi) is 20.8. The van der Waals surface area contributed by atoms with Gasteiger partial charge in [0.05, 0.1) is 24.5 Å². The lowest BCUT2D eigenvalue weighted by Gasteiger charge is -2.36. The molecular formula is C49H65ClN6O15. The molecule has 3 aliphatic heterocycles. The molecule has 3 aliphatic rings. The van der Waals surface area contributed by atoms with Gasteiger partial charge in [-0.1, -0.05) is 47.5 Å². The monoisotopic (exact) mass is 1010 g/mol. The molecule has 7 N–H and O–H groups in total. The number of carbonyl (C=O) groups is 8. The summed E-state index contributed by atoms with van der Waals surface area (Å²) < 4.78 is 27.3. The molecule has 2 aromatic carbocycles. The van der Waals surface area contributed by atoms with Gasteiger partial charge in [0, 0.05) is 66.1 Å². The third-order valence-electron chi connectivity index (χ3n) is 11.8. The molecule has 2 saturated heterocycles. The van der Waals surface area contributed by atoms with Crippen LogP contribution >= 0.6 is 11.6 Å². The second-order valence-corrected chi connectivity index (χ2v) is 18.4. The van der Waals surface area contributed by atoms with E-state index in [1.807, 2.05) is 44.2 Å². The van der Waals surface area contributed by atoms with Gasteiger partial charge in [0.25, 0.3) is 0 Å². The van der Waals surface area contributed by atoms with Crippen LogP contribution in [0, 0.1) is 0 Å². The molecule has 4 unspecified atom stereocenters. The van der Waals surface area contributed by atoms with E-state index >= 15 is 0 Å². The minimum atomic E-state index is -1.39. The van der Waals surface area contributed by atoms with Crippen molar-refractivity contribution < 1.29 is 72.3 Å². The number of nitrogens with zero attached hydrogens (tertiary/aromatic N) is 2. The first-order valence-corrected chi connectivity index (χ1v) is 23.4. The number of epoxide rings is 1. The van der Waals surface area contributed by atoms with Gasteiger partial charge in [-0.05, 0) is 81.8 Å². The summed E-state index contributed by atoms with van der Waals surface area (Å²) in [6.45, 7) is 6.80. The summed E-state index contributed by atoms with van der Waals surface area (Å²) in [5.41, 5.74) is 6.49. The molecule has 3 heterocycles. The molecule has 22 heteroatoms. The molecule has 2 aromatic rings. The highest BCUT2D eigenvalue weighted by molar-refractivity contribution is 6.35. The van der Waals surface area contributed by atoms with E-state index in [4.69, 9.17) is 46.1 Å². The smallest absolute Gasteiger partial charge is 0.409 e. The summed E-state index contributed by atoms with van der Waals surface area (Å²) in [5.74, 6) is -2.93. The second kappa shape index (κ2) is 25.9. The number of benzene rings is 2. The number of amides is 6. The molecule has 0 radical (unpaired) electrons. The first-order chi connectivity index (χ1) is 33.4. The van der Waals surface area contributed by atoms with E-state index in [9.17, 15) is 43.5 Å². The van der Waals surface area contributed by atoms with Crippen LogP contribution in [0.5, 0.6) is 11.5 Å². The Bertz CT molecular complexity index is 2340. The summed E-state index contributed by atoms with van der Waals surface area (Å²) in [6, 6.07) is 7.75. The molecule has 4 bridgehead atoms. The van der Waals surface area contributed by atoms with Gasteiger partial charge in [-0.3, -0.25) is 29.3 Å². The van der Waals surface area contributed by atoms with Crippen molar-refractivity contribution in [2.75, 3.05) is 32.6 Å². The van der Waals surface area contributed by atoms with E-state index in [-0.39, 0.29) is 69.4 Å². The number of hydrogen-bond donors (Lipinski definition) is 6. The maximum Gasteiger partial charge on any atom is 0.409 e. The second-order valence-electron chi connectivity index (χ2n) is 18.0. The number of aliphatic carboxylic acids is 1. The van der Waals surface area contributed by atoms with Crippen LogP contribution in [0.15, 0.2) is 60.2 Å². The number of anilines is 1. The van der Waals surface area contributed by atoms with Crippen molar-refractivity contribution in [3.05, 3.63) is 76.3 Å². The Hall–Kier alpha value is -6.71. The van der Waals surface area contributed by atoms with Gasteiger partial charge in [-0.2, -0.15) is 0 Å². The number of carboxylic acid groups (broad SMARTS) is 1. The number of nitrogens with one attached hydrogen (secondary N) is 3. The highest BCUT2D eigenvalue weighted by atomic mass is 35.5. The van der Waals surface area contributed by atoms with Gasteiger partial charge in [0.2, 0.25) is 23.6 Å². The number of primary amides is 1. The lowest BCUT2D eigenvalue weighted by Crippen LogP contribution is -2.56. The van der Waals surface area contributed by atoms with Gasteiger partial charge < -0.3 is 60.1 Å². The molecular weight excluding hydrogens is 948 g/mol. The number of carbonyl (C=O) groups excluding carboxylic acids is 7. The largest absolute Gasteiger partial charge is 0.495 e. The summed E-state index contributed by atoms with van der Waals surface area (Å²) >= 11 is 6.57. The maximum absolute atomic E-state index is 13.1. The van der Waals surface area contributed by atoms with Crippen LogP contribution in [0.1, 0.15) is 96.6 Å². The van der Waals surface area contributed by atoms with Crippen LogP contribution in [0.25, 0.3) is 0 Å². The number of methoxy groups -OCH3 is 1. The lowest BCUT2D eigenvalue weighted by atomic mass is 9.92. The van der Waals surface area contributed by atoms with Gasteiger partial charge in [0.1, 0.15) is 47.0 Å². The average Bonchev–Trinajstić information content (AvgIpc) is 3.94. The zero-order valence-electron chi connectivity index (χ0n) is 41.0. The molecule has 6 amide bonds. The van der Waals surface area contributed by atoms with Crippen molar-refractivity contribution in [2.24, 2.45) is 5.73 Å². The topological polar surface area (TPSA) is 295 Å². The molecule has 2 fully saturated rings. The fraction of sp³-hybridized carbons (Fsp3) is 0.510. The lowest BCUT2D eigenvalue weighted by molar-refractivity contribution is -0.140. The van der Waals surface area contributed by atoms with E-state index in [1.54, 1.807) is 31.2 Å². The number of fused-ring (bicyclic) bond motifs is 5. The van der Waals surface area contributed by atoms with E-state index in [2.05, 4.69) is 16.0 Å². The van der Waals surface area contributed by atoms with Gasteiger partial charge in [-0.15, -0.1) is 0 Å². The SMILES string of the molecule is CC(=O)NC(C)C(=O)NC(CCC(N)=O)C(=O)Oc1ccc(COC(=O)N(C)CCCC(=O)O)cc1.COc1cc2cc(c1Cl)N(C)C(=O)CCC1(C)O[C@H]1CC1C[C@](O)(C/C=C/C=C(\C)C2)NC(=O)O1. The van der Waals surface area contributed by atoms with Crippen molar-refractivity contribution in [1.82, 2.24) is 20.9 Å². The molecule has 6 atom stereocenters. The third-order valence-corrected chi connectivity index (χ3v) is 12.2. The number of halogens is 1. The van der Waals surface area contributed by atoms with E-state index in [0.29, 0.717) is 47.7 Å². The number of ether oxygens (including phenoxy) is 5. The standard InChI is InChI=1S/C26H33ClN2O6.C23H32N4O9/c1-16-7-5-6-9-26(32)15-18(34-24(31)28-26)14-21-25(2,35-21)10-8-22(30)29(3)19-12-17(11-16)13-20(33-4)23(19)27;1-14(25-15(2)28)21(32)26-18(10-11-19(24)29)22(33)36-17-8-6-16(7-9-17)13-35-23(34)27(3)12-4-5-20(30)31/h5-7,12-13,18,21,32H,8-11,14-15H2,1-4H3,(H,28,31);6-9,14,18H,4-5,10-13H2,1-3H3,(H2,24,29)(H,25,28)(H,26,32)(H,30,31)/b6-5+,16-7+;/t18?,21-,25?,26+;/m0./s1. The Morgan fingerprint density at radius 2 is 1.80 bits per heavy atom. The van der Waals surface area contributed by atoms with E-state index in [1.165, 1.54) is 37.9 Å². The van der Waals surface area contributed by atoms with Crippen LogP contribution in [0.2, 0.25) is 5.02 Å². The summed E-state index contributed by atoms with van der Waals surface area (Å²) in [7, 11) is 4.76. The van der Waals surface area contributed by atoms with Gasteiger partial charge >= 0.3 is 24.1 Å². The number of nitrogens with two attached hydrogens (primary N) is 1.